The molecule has 3 rings (SSSR count). The van der Waals surface area contributed by atoms with Crippen molar-refractivity contribution in [1.29, 1.82) is 0 Å². The second kappa shape index (κ2) is 13.1. The third-order valence-electron chi connectivity index (χ3n) is 5.93. The van der Waals surface area contributed by atoms with Gasteiger partial charge in [0.15, 0.2) is 0 Å². The molecule has 0 unspecified atom stereocenters. The fraction of sp³-hybridized carbons (Fsp3) is 0.267. The monoisotopic (exact) mass is 499 g/mol. The third kappa shape index (κ3) is 7.35. The van der Waals surface area contributed by atoms with Gasteiger partial charge in [-0.05, 0) is 79.5 Å². The molecule has 1 N–H and O–H groups in total. The van der Waals surface area contributed by atoms with Crippen molar-refractivity contribution in [2.75, 3.05) is 25.0 Å². The number of allylic oxidation sites excluding steroid dienone is 5. The Labute approximate surface area is 219 Å². The molecule has 0 saturated heterocycles. The zero-order valence-corrected chi connectivity index (χ0v) is 21.8. The molecular formula is C30H33N3O4. The van der Waals surface area contributed by atoms with Gasteiger partial charge in [-0.3, -0.25) is 4.79 Å². The molecule has 0 fully saturated rings. The molecule has 0 aromatic heterocycles. The lowest BCUT2D eigenvalue weighted by molar-refractivity contribution is -0.176. The SMILES string of the molecule is [C-]#[N+]C(=C1C=C(C)OC(C=Cc2ccc(O)c(CN(CCC)OC=O)c2)=C1)c1ccc(N(C)CC)cc1. The van der Waals surface area contributed by atoms with Crippen LogP contribution in [0.2, 0.25) is 0 Å². The Bertz CT molecular complexity index is 1270. The summed E-state index contributed by atoms with van der Waals surface area (Å²) in [6, 6.07) is 13.2. The molecule has 0 atom stereocenters. The fourth-order valence-electron chi connectivity index (χ4n) is 3.91. The highest BCUT2D eigenvalue weighted by molar-refractivity contribution is 5.79. The molecule has 1 aliphatic heterocycles. The molecular weight excluding hydrogens is 466 g/mol. The molecule has 192 valence electrons. The second-order valence-electron chi connectivity index (χ2n) is 8.67. The van der Waals surface area contributed by atoms with Gasteiger partial charge in [-0.25, -0.2) is 4.85 Å². The number of phenolic OH excluding ortho intramolecular Hbond substituents is 1. The minimum absolute atomic E-state index is 0.128. The largest absolute Gasteiger partial charge is 0.508 e. The summed E-state index contributed by atoms with van der Waals surface area (Å²) in [5, 5.41) is 11.8. The molecule has 0 saturated carbocycles. The van der Waals surface area contributed by atoms with Crippen LogP contribution in [0.15, 0.2) is 77.8 Å². The number of hydrogen-bond donors (Lipinski definition) is 1. The number of carbonyl (C=O) groups is 1. The van der Waals surface area contributed by atoms with Crippen LogP contribution in [0.4, 0.5) is 5.69 Å². The van der Waals surface area contributed by atoms with Gasteiger partial charge in [0.1, 0.15) is 17.3 Å². The first-order valence-corrected chi connectivity index (χ1v) is 12.2. The number of hydroxylamine groups is 2. The van der Waals surface area contributed by atoms with Crippen LogP contribution in [0.5, 0.6) is 5.75 Å². The summed E-state index contributed by atoms with van der Waals surface area (Å²) < 4.78 is 5.89. The van der Waals surface area contributed by atoms with Crippen molar-refractivity contribution in [2.45, 2.75) is 33.7 Å². The van der Waals surface area contributed by atoms with Gasteiger partial charge in [0, 0.05) is 31.4 Å². The highest BCUT2D eigenvalue weighted by Gasteiger charge is 2.14. The molecule has 7 heteroatoms. The molecule has 2 aromatic rings. The molecule has 0 amide bonds. The molecule has 0 radical (unpaired) electrons. The Morgan fingerprint density at radius 3 is 2.54 bits per heavy atom. The first-order valence-electron chi connectivity index (χ1n) is 12.2. The normalized spacial score (nSPS) is 14.5. The lowest BCUT2D eigenvalue weighted by atomic mass is 10.0. The molecule has 0 bridgehead atoms. The van der Waals surface area contributed by atoms with Gasteiger partial charge in [0.2, 0.25) is 5.70 Å². The third-order valence-corrected chi connectivity index (χ3v) is 5.93. The Kier molecular flexibility index (Phi) is 9.70. The van der Waals surface area contributed by atoms with E-state index in [0.29, 0.717) is 35.8 Å². The van der Waals surface area contributed by atoms with Gasteiger partial charge in [-0.1, -0.05) is 31.2 Å². The quantitative estimate of drug-likeness (QED) is 0.222. The maximum Gasteiger partial charge on any atom is 0.313 e. The van der Waals surface area contributed by atoms with Crippen molar-refractivity contribution in [2.24, 2.45) is 0 Å². The topological polar surface area (TPSA) is 66.6 Å². The number of anilines is 1. The summed E-state index contributed by atoms with van der Waals surface area (Å²) in [6.45, 7) is 15.9. The Balaban J connectivity index is 1.87. The van der Waals surface area contributed by atoms with Crippen LogP contribution < -0.4 is 4.90 Å². The Hall–Kier alpha value is -4.28. The average Bonchev–Trinajstić information content (AvgIpc) is 2.89. The van der Waals surface area contributed by atoms with E-state index >= 15 is 0 Å². The summed E-state index contributed by atoms with van der Waals surface area (Å²) in [4.78, 5) is 21.8. The highest BCUT2D eigenvalue weighted by Crippen LogP contribution is 2.30. The summed E-state index contributed by atoms with van der Waals surface area (Å²) in [6.07, 6.45) is 8.23. The number of phenols is 1. The first kappa shape index (κ1) is 27.3. The summed E-state index contributed by atoms with van der Waals surface area (Å²) in [5.74, 6) is 1.42. The first-order chi connectivity index (χ1) is 17.9. The summed E-state index contributed by atoms with van der Waals surface area (Å²) >= 11 is 0. The van der Waals surface area contributed by atoms with E-state index in [2.05, 4.69) is 16.7 Å². The van der Waals surface area contributed by atoms with Crippen molar-refractivity contribution in [3.63, 3.8) is 0 Å². The van der Waals surface area contributed by atoms with Crippen molar-refractivity contribution in [1.82, 2.24) is 5.06 Å². The van der Waals surface area contributed by atoms with Crippen LogP contribution in [0.1, 0.15) is 43.9 Å². The van der Waals surface area contributed by atoms with E-state index in [1.165, 1.54) is 5.06 Å². The maximum atomic E-state index is 10.8. The fourth-order valence-corrected chi connectivity index (χ4v) is 3.91. The van der Waals surface area contributed by atoms with Gasteiger partial charge >= 0.3 is 6.47 Å². The maximum absolute atomic E-state index is 10.8. The number of benzene rings is 2. The van der Waals surface area contributed by atoms with E-state index in [1.807, 2.05) is 75.5 Å². The molecule has 37 heavy (non-hydrogen) atoms. The highest BCUT2D eigenvalue weighted by atomic mass is 16.7. The van der Waals surface area contributed by atoms with E-state index in [0.717, 1.165) is 35.4 Å². The van der Waals surface area contributed by atoms with Crippen LogP contribution in [0.25, 0.3) is 16.6 Å². The molecule has 0 spiro atoms. The molecule has 0 aliphatic carbocycles. The van der Waals surface area contributed by atoms with Crippen LogP contribution in [-0.2, 0) is 20.9 Å². The lowest BCUT2D eigenvalue weighted by Gasteiger charge is -2.19. The molecule has 7 nitrogen and oxygen atoms in total. The van der Waals surface area contributed by atoms with Gasteiger partial charge in [-0.2, -0.15) is 0 Å². The van der Waals surface area contributed by atoms with Crippen molar-refractivity contribution < 1.29 is 19.5 Å². The van der Waals surface area contributed by atoms with Crippen LogP contribution in [0.3, 0.4) is 0 Å². The minimum Gasteiger partial charge on any atom is -0.508 e. The standard InChI is InChI=1S/C30H33N3O4/c1-6-16-33(36-21-34)20-26-18-23(9-15-29(26)35)8-14-28-19-25(17-22(3)37-28)30(31-4)24-10-12-27(13-11-24)32(5)7-2/h8-15,17-19,21,35H,6-7,16,20H2,1-3,5H3. The number of rotatable bonds is 11. The Morgan fingerprint density at radius 1 is 1.14 bits per heavy atom. The van der Waals surface area contributed by atoms with E-state index in [4.69, 9.17) is 16.1 Å². The zero-order valence-electron chi connectivity index (χ0n) is 21.8. The molecule has 1 heterocycles. The number of carbonyl (C=O) groups excluding carboxylic acids is 1. The predicted molar refractivity (Wildman–Crippen MR) is 147 cm³/mol. The van der Waals surface area contributed by atoms with E-state index < -0.39 is 0 Å². The van der Waals surface area contributed by atoms with Crippen molar-refractivity contribution in [3.05, 3.63) is 106 Å². The van der Waals surface area contributed by atoms with E-state index in [-0.39, 0.29) is 12.3 Å². The number of nitrogens with zero attached hydrogens (tertiary/aromatic N) is 3. The van der Waals surface area contributed by atoms with Gasteiger partial charge in [0.05, 0.1) is 13.1 Å². The summed E-state index contributed by atoms with van der Waals surface area (Å²) in [7, 11) is 2.03. The van der Waals surface area contributed by atoms with E-state index in [1.54, 1.807) is 12.1 Å². The molecule has 2 aromatic carbocycles. The van der Waals surface area contributed by atoms with Crippen LogP contribution >= 0.6 is 0 Å². The predicted octanol–water partition coefficient (Wildman–Crippen LogP) is 6.31. The average molecular weight is 500 g/mol. The van der Waals surface area contributed by atoms with Crippen LogP contribution in [-0.4, -0.2) is 36.8 Å². The lowest BCUT2D eigenvalue weighted by Crippen LogP contribution is -2.24. The molecule has 1 aliphatic rings. The van der Waals surface area contributed by atoms with Gasteiger partial charge in [0.25, 0.3) is 0 Å². The second-order valence-corrected chi connectivity index (χ2v) is 8.67. The number of aromatic hydroxyl groups is 1. The zero-order chi connectivity index (χ0) is 26.8. The van der Waals surface area contributed by atoms with Crippen molar-refractivity contribution in [3.8, 4) is 5.75 Å². The van der Waals surface area contributed by atoms with Crippen LogP contribution in [0, 0.1) is 6.57 Å². The van der Waals surface area contributed by atoms with Gasteiger partial charge < -0.3 is 19.6 Å². The number of ether oxygens (including phenoxy) is 1. The van der Waals surface area contributed by atoms with Crippen molar-refractivity contribution >= 4 is 23.9 Å². The Morgan fingerprint density at radius 2 is 1.89 bits per heavy atom. The summed E-state index contributed by atoms with van der Waals surface area (Å²) in [5.41, 5.74) is 4.77. The van der Waals surface area contributed by atoms with Gasteiger partial charge in [-0.15, -0.1) is 5.06 Å². The smallest absolute Gasteiger partial charge is 0.313 e. The number of hydrogen-bond acceptors (Lipinski definition) is 6. The van der Waals surface area contributed by atoms with E-state index in [9.17, 15) is 9.90 Å². The minimum atomic E-state index is 0.128.